The van der Waals surface area contributed by atoms with E-state index in [0.717, 1.165) is 10.1 Å². The first-order valence-corrected chi connectivity index (χ1v) is 13.7. The third-order valence-corrected chi connectivity index (χ3v) is 7.95. The molecule has 1 aliphatic carbocycles. The van der Waals surface area contributed by atoms with Crippen molar-refractivity contribution in [1.82, 2.24) is 9.55 Å². The van der Waals surface area contributed by atoms with E-state index in [2.05, 4.69) is 4.98 Å². The van der Waals surface area contributed by atoms with Crippen molar-refractivity contribution in [2.24, 2.45) is 0 Å². The fourth-order valence-electron chi connectivity index (χ4n) is 5.85. The lowest BCUT2D eigenvalue weighted by molar-refractivity contribution is -0.187. The number of benzene rings is 3. The van der Waals surface area contributed by atoms with Gasteiger partial charge in [-0.3, -0.25) is 14.3 Å². The lowest BCUT2D eigenvalue weighted by Crippen LogP contribution is -2.38. The number of ether oxygens (including phenoxy) is 2. The number of aliphatic hydroxyl groups excluding tert-OH is 1. The fraction of sp³-hybridized carbons (Fsp3) is 0.219. The average molecular weight is 599 g/mol. The van der Waals surface area contributed by atoms with Crippen LogP contribution in [0.25, 0.3) is 0 Å². The van der Waals surface area contributed by atoms with Crippen molar-refractivity contribution in [3.63, 3.8) is 0 Å². The minimum absolute atomic E-state index is 0.0327. The predicted octanol–water partition coefficient (Wildman–Crippen LogP) is 2.90. The number of hydrogen-bond donors (Lipinski definition) is 2. The molecular weight excluding hydrogens is 572 g/mol. The van der Waals surface area contributed by atoms with E-state index < -0.39 is 59.9 Å². The van der Waals surface area contributed by atoms with Crippen LogP contribution in [-0.2, 0) is 25.9 Å². The molecule has 12 heteroatoms. The third kappa shape index (κ3) is 5.10. The fourth-order valence-corrected chi connectivity index (χ4v) is 5.85. The van der Waals surface area contributed by atoms with Gasteiger partial charge in [0.15, 0.2) is 0 Å². The van der Waals surface area contributed by atoms with Crippen LogP contribution in [0, 0.1) is 6.92 Å². The van der Waals surface area contributed by atoms with Gasteiger partial charge >= 0.3 is 23.6 Å². The number of H-pyrrole nitrogens is 1. The molecule has 6 rings (SSSR count). The van der Waals surface area contributed by atoms with Gasteiger partial charge < -0.3 is 14.6 Å². The number of nitrogens with one attached hydrogen (secondary N) is 1. The van der Waals surface area contributed by atoms with Crippen LogP contribution in [0.3, 0.4) is 0 Å². The van der Waals surface area contributed by atoms with E-state index in [1.165, 1.54) is 25.1 Å². The molecular formula is C32H26N2O10. The summed E-state index contributed by atoms with van der Waals surface area (Å²) in [6, 6.07) is 21.3. The largest absolute Gasteiger partial charge is 0.459 e. The first-order chi connectivity index (χ1) is 21.3. The number of carbonyl (C=O) groups excluding carboxylic acids is 3. The summed E-state index contributed by atoms with van der Waals surface area (Å²) < 4.78 is 13.1. The molecule has 0 spiro atoms. The summed E-state index contributed by atoms with van der Waals surface area (Å²) in [7, 11) is 0. The molecule has 1 aromatic heterocycles. The highest BCUT2D eigenvalue weighted by Gasteiger charge is 2.52. The molecule has 224 valence electrons. The van der Waals surface area contributed by atoms with Crippen LogP contribution >= 0.6 is 0 Å². The van der Waals surface area contributed by atoms with Crippen molar-refractivity contribution in [1.29, 1.82) is 0 Å². The number of hydrogen-bond acceptors (Lipinski definition) is 10. The Bertz CT molecular complexity index is 1870. The molecule has 44 heavy (non-hydrogen) atoms. The van der Waals surface area contributed by atoms with Crippen LogP contribution in [-0.4, -0.2) is 45.3 Å². The van der Waals surface area contributed by atoms with E-state index in [0.29, 0.717) is 11.1 Å². The molecule has 1 aliphatic heterocycles. The van der Waals surface area contributed by atoms with Crippen molar-refractivity contribution < 1.29 is 38.7 Å². The number of aromatic amines is 1. The molecule has 2 aliphatic rings. The van der Waals surface area contributed by atoms with E-state index in [4.69, 9.17) is 19.2 Å². The van der Waals surface area contributed by atoms with Gasteiger partial charge in [-0.2, -0.15) is 0 Å². The van der Waals surface area contributed by atoms with Crippen molar-refractivity contribution in [3.8, 4) is 0 Å². The molecule has 0 saturated carbocycles. The Morgan fingerprint density at radius 3 is 2.16 bits per heavy atom. The zero-order valence-corrected chi connectivity index (χ0v) is 23.3. The lowest BCUT2D eigenvalue weighted by Gasteiger charge is -2.24. The van der Waals surface area contributed by atoms with E-state index in [9.17, 15) is 29.1 Å². The molecule has 4 atom stereocenters. The van der Waals surface area contributed by atoms with E-state index in [1.54, 1.807) is 60.7 Å². The molecule has 3 aromatic carbocycles. The quantitative estimate of drug-likeness (QED) is 0.184. The van der Waals surface area contributed by atoms with Gasteiger partial charge in [-0.1, -0.05) is 48.5 Å². The van der Waals surface area contributed by atoms with Crippen LogP contribution in [0.1, 0.15) is 71.5 Å². The SMILES string of the molecule is Cc1c(CO)n([C@@H]2O[C@@H](COC(=O)c3ccccc3)[C@H]3c4ccc(C(=O)OOC(=O)c5ccccc5)c(c4)[C@@H]32)c(=O)[nH]c1=O. The van der Waals surface area contributed by atoms with Gasteiger partial charge in [0.05, 0.1) is 29.0 Å². The second-order valence-electron chi connectivity index (χ2n) is 10.4. The van der Waals surface area contributed by atoms with Crippen LogP contribution in [0.5, 0.6) is 0 Å². The highest BCUT2D eigenvalue weighted by Crippen LogP contribution is 2.56. The molecule has 12 nitrogen and oxygen atoms in total. The summed E-state index contributed by atoms with van der Waals surface area (Å²) >= 11 is 0. The molecule has 2 heterocycles. The summed E-state index contributed by atoms with van der Waals surface area (Å²) in [5.74, 6) is -3.59. The van der Waals surface area contributed by atoms with Gasteiger partial charge in [0.2, 0.25) is 0 Å². The van der Waals surface area contributed by atoms with Crippen LogP contribution in [0.4, 0.5) is 0 Å². The minimum Gasteiger partial charge on any atom is -0.459 e. The highest BCUT2D eigenvalue weighted by atomic mass is 17.2. The Hall–Kier alpha value is -5.33. The topological polar surface area (TPSA) is 163 Å². The van der Waals surface area contributed by atoms with E-state index >= 15 is 0 Å². The number of carbonyl (C=O) groups is 3. The van der Waals surface area contributed by atoms with Crippen LogP contribution < -0.4 is 11.2 Å². The van der Waals surface area contributed by atoms with Crippen molar-refractivity contribution in [3.05, 3.63) is 139 Å². The molecule has 1 fully saturated rings. The maximum absolute atomic E-state index is 13.2. The molecule has 2 bridgehead atoms. The Morgan fingerprint density at radius 2 is 1.50 bits per heavy atom. The van der Waals surface area contributed by atoms with E-state index in [1.807, 2.05) is 0 Å². The van der Waals surface area contributed by atoms with Crippen LogP contribution in [0.2, 0.25) is 0 Å². The average Bonchev–Trinajstić information content (AvgIpc) is 3.56. The molecule has 4 aromatic rings. The van der Waals surface area contributed by atoms with Gasteiger partial charge in [0.1, 0.15) is 18.9 Å². The number of esters is 1. The first kappa shape index (κ1) is 28.8. The number of aromatic nitrogens is 2. The van der Waals surface area contributed by atoms with Gasteiger partial charge in [0.25, 0.3) is 5.56 Å². The second-order valence-corrected chi connectivity index (χ2v) is 10.4. The predicted molar refractivity (Wildman–Crippen MR) is 152 cm³/mol. The smallest absolute Gasteiger partial charge is 0.386 e. The minimum atomic E-state index is -1.12. The summed E-state index contributed by atoms with van der Waals surface area (Å²) in [6.07, 6.45) is -1.90. The molecule has 0 radical (unpaired) electrons. The van der Waals surface area contributed by atoms with Gasteiger partial charge in [0, 0.05) is 17.4 Å². The third-order valence-electron chi connectivity index (χ3n) is 7.95. The zero-order valence-electron chi connectivity index (χ0n) is 23.3. The Labute approximate surface area is 249 Å². The Kier molecular flexibility index (Phi) is 7.68. The maximum atomic E-state index is 13.2. The maximum Gasteiger partial charge on any atom is 0.386 e. The molecule has 1 saturated heterocycles. The summed E-state index contributed by atoms with van der Waals surface area (Å²) in [5, 5.41) is 10.2. The first-order valence-electron chi connectivity index (χ1n) is 13.7. The van der Waals surface area contributed by atoms with Gasteiger partial charge in [-0.15, -0.1) is 0 Å². The van der Waals surface area contributed by atoms with Gasteiger partial charge in [-0.25, -0.2) is 29.0 Å². The summed E-state index contributed by atoms with van der Waals surface area (Å²) in [4.78, 5) is 75.7. The van der Waals surface area contributed by atoms with E-state index in [-0.39, 0.29) is 29.0 Å². The van der Waals surface area contributed by atoms with Crippen LogP contribution in [0.15, 0.2) is 88.5 Å². The molecule has 2 N–H and O–H groups in total. The second kappa shape index (κ2) is 11.7. The monoisotopic (exact) mass is 598 g/mol. The Balaban J connectivity index is 1.33. The summed E-state index contributed by atoms with van der Waals surface area (Å²) in [5.41, 5.74) is 0.412. The number of nitrogens with zero attached hydrogens (tertiary/aromatic N) is 1. The molecule has 0 unspecified atom stereocenters. The number of rotatable bonds is 7. The van der Waals surface area contributed by atoms with Crippen molar-refractivity contribution in [2.45, 2.75) is 37.7 Å². The van der Waals surface area contributed by atoms with Crippen molar-refractivity contribution >= 4 is 17.9 Å². The highest BCUT2D eigenvalue weighted by molar-refractivity contribution is 5.94. The normalized spacial score (nSPS) is 19.7. The summed E-state index contributed by atoms with van der Waals surface area (Å²) in [6.45, 7) is 0.631. The van der Waals surface area contributed by atoms with Crippen molar-refractivity contribution in [2.75, 3.05) is 6.61 Å². The number of fused-ring (bicyclic) bond motifs is 5. The zero-order chi connectivity index (χ0) is 31.0. The molecule has 0 amide bonds. The standard InChI is InChI=1S/C32H26N2O10/c1-17-23(15-35)34(32(40)33-27(17)36)28-26-22-14-20(25(26)24(42-28)16-41-29(37)18-8-4-2-5-9-18)12-13-21(22)31(39)44-43-30(38)19-10-6-3-7-11-19/h2-14,24-26,28,35H,15-16H2,1H3,(H,33,36,40)/t24-,25+,26-,28+/m0/s1. The number of aliphatic hydroxyl groups is 1. The lowest BCUT2D eigenvalue weighted by atomic mass is 9.87. The van der Waals surface area contributed by atoms with Gasteiger partial charge in [-0.05, 0) is 48.4 Å². The Morgan fingerprint density at radius 1 is 0.864 bits per heavy atom.